The fourth-order valence-electron chi connectivity index (χ4n) is 2.61. The molecule has 26 heavy (non-hydrogen) atoms. The summed E-state index contributed by atoms with van der Waals surface area (Å²) in [6.07, 6.45) is 3.10. The molecule has 2 N–H and O–H groups in total. The highest BCUT2D eigenvalue weighted by atomic mass is 16.1. The van der Waals surface area contributed by atoms with E-state index in [1.807, 2.05) is 42.5 Å². The molecule has 0 radical (unpaired) electrons. The van der Waals surface area contributed by atoms with Gasteiger partial charge in [-0.05, 0) is 42.3 Å². The van der Waals surface area contributed by atoms with Crippen molar-refractivity contribution < 1.29 is 4.79 Å². The number of hydrogen-bond donors (Lipinski definition) is 2. The zero-order chi connectivity index (χ0) is 18.4. The largest absolute Gasteiger partial charge is 0.380 e. The van der Waals surface area contributed by atoms with Crippen LogP contribution in [0.4, 0.5) is 5.69 Å². The Bertz CT molecular complexity index is 813. The summed E-state index contributed by atoms with van der Waals surface area (Å²) in [7, 11) is 0. The van der Waals surface area contributed by atoms with Gasteiger partial charge in [-0.1, -0.05) is 32.0 Å². The molecular weight excluding hydrogens is 326 g/mol. The van der Waals surface area contributed by atoms with Gasteiger partial charge in [-0.2, -0.15) is 5.10 Å². The van der Waals surface area contributed by atoms with Crippen molar-refractivity contribution >= 4 is 11.6 Å². The van der Waals surface area contributed by atoms with E-state index in [9.17, 15) is 4.79 Å². The Morgan fingerprint density at radius 1 is 1.08 bits per heavy atom. The first-order chi connectivity index (χ1) is 12.6. The number of rotatable bonds is 7. The van der Waals surface area contributed by atoms with Crippen LogP contribution in [0.25, 0.3) is 5.69 Å². The van der Waals surface area contributed by atoms with Gasteiger partial charge in [0.05, 0.1) is 5.69 Å². The van der Waals surface area contributed by atoms with Gasteiger partial charge >= 0.3 is 0 Å². The number of aromatic nitrogens is 3. The number of carbonyl (C=O) groups is 1. The van der Waals surface area contributed by atoms with E-state index in [1.54, 1.807) is 23.1 Å². The predicted molar refractivity (Wildman–Crippen MR) is 102 cm³/mol. The molecule has 0 saturated heterocycles. The highest BCUT2D eigenvalue weighted by molar-refractivity contribution is 5.94. The normalized spacial score (nSPS) is 12.0. The highest BCUT2D eigenvalue weighted by Crippen LogP contribution is 2.12. The first-order valence-electron chi connectivity index (χ1n) is 8.68. The Balaban J connectivity index is 1.59. The third kappa shape index (κ3) is 4.47. The Labute approximate surface area is 153 Å². The van der Waals surface area contributed by atoms with E-state index in [1.165, 1.54) is 6.33 Å². The maximum atomic E-state index is 12.4. The lowest BCUT2D eigenvalue weighted by atomic mass is 10.0. The second kappa shape index (κ2) is 8.29. The Morgan fingerprint density at radius 2 is 1.81 bits per heavy atom. The molecule has 3 rings (SSSR count). The fraction of sp³-hybridized carbons (Fsp3) is 0.250. The maximum absolute atomic E-state index is 12.4. The van der Waals surface area contributed by atoms with Crippen LogP contribution in [-0.2, 0) is 0 Å². The van der Waals surface area contributed by atoms with Crippen LogP contribution >= 0.6 is 0 Å². The molecule has 0 bridgehead atoms. The minimum atomic E-state index is -0.0874. The van der Waals surface area contributed by atoms with E-state index in [0.717, 1.165) is 11.4 Å². The molecule has 6 heteroatoms. The smallest absolute Gasteiger partial charge is 0.251 e. The number of hydrogen-bond acceptors (Lipinski definition) is 4. The average molecular weight is 349 g/mol. The monoisotopic (exact) mass is 349 g/mol. The molecule has 0 saturated carbocycles. The first kappa shape index (κ1) is 17.7. The molecule has 1 aromatic heterocycles. The SMILES string of the molecule is CC(C)C(CNC(=O)c1ccc(-n2cncn2)cc1)Nc1ccccc1. The number of benzene rings is 2. The number of nitrogens with zero attached hydrogens (tertiary/aromatic N) is 3. The standard InChI is InChI=1S/C20H23N5O/c1-15(2)19(24-17-6-4-3-5-7-17)12-22-20(26)16-8-10-18(11-9-16)25-14-21-13-23-25/h3-11,13-15,19,24H,12H2,1-2H3,(H,22,26). The number of amides is 1. The second-order valence-electron chi connectivity index (χ2n) is 6.46. The van der Waals surface area contributed by atoms with Crippen molar-refractivity contribution in [3.63, 3.8) is 0 Å². The lowest BCUT2D eigenvalue weighted by molar-refractivity contribution is 0.0950. The minimum Gasteiger partial charge on any atom is -0.380 e. The summed E-state index contributed by atoms with van der Waals surface area (Å²) in [6.45, 7) is 4.83. The van der Waals surface area contributed by atoms with Crippen LogP contribution in [-0.4, -0.2) is 33.3 Å². The fourth-order valence-corrected chi connectivity index (χ4v) is 2.61. The van der Waals surface area contributed by atoms with Crippen LogP contribution in [0.15, 0.2) is 67.3 Å². The van der Waals surface area contributed by atoms with E-state index in [4.69, 9.17) is 0 Å². The van der Waals surface area contributed by atoms with Gasteiger partial charge in [0.25, 0.3) is 5.91 Å². The molecule has 0 spiro atoms. The summed E-state index contributed by atoms with van der Waals surface area (Å²) in [4.78, 5) is 16.4. The first-order valence-corrected chi connectivity index (χ1v) is 8.68. The van der Waals surface area contributed by atoms with Gasteiger partial charge in [0, 0.05) is 23.8 Å². The molecule has 1 heterocycles. The van der Waals surface area contributed by atoms with E-state index in [0.29, 0.717) is 18.0 Å². The van der Waals surface area contributed by atoms with Gasteiger partial charge in [0.1, 0.15) is 12.7 Å². The van der Waals surface area contributed by atoms with Gasteiger partial charge in [0.15, 0.2) is 0 Å². The van der Waals surface area contributed by atoms with Gasteiger partial charge in [-0.25, -0.2) is 9.67 Å². The third-order valence-electron chi connectivity index (χ3n) is 4.23. The second-order valence-corrected chi connectivity index (χ2v) is 6.46. The van der Waals surface area contributed by atoms with Crippen molar-refractivity contribution in [3.05, 3.63) is 72.8 Å². The van der Waals surface area contributed by atoms with Crippen molar-refractivity contribution in [1.82, 2.24) is 20.1 Å². The molecule has 1 amide bonds. The molecule has 6 nitrogen and oxygen atoms in total. The summed E-state index contributed by atoms with van der Waals surface area (Å²) >= 11 is 0. The number of para-hydroxylation sites is 1. The molecule has 0 fully saturated rings. The molecule has 1 unspecified atom stereocenters. The molecular formula is C20H23N5O. The van der Waals surface area contributed by atoms with E-state index in [2.05, 4.69) is 34.6 Å². The lowest BCUT2D eigenvalue weighted by Crippen LogP contribution is -2.39. The topological polar surface area (TPSA) is 71.8 Å². The number of anilines is 1. The summed E-state index contributed by atoms with van der Waals surface area (Å²) in [6, 6.07) is 17.5. The maximum Gasteiger partial charge on any atom is 0.251 e. The predicted octanol–water partition coefficient (Wildman–Crippen LogP) is 3.13. The molecule has 2 aromatic carbocycles. The van der Waals surface area contributed by atoms with Crippen molar-refractivity contribution in [2.45, 2.75) is 19.9 Å². The van der Waals surface area contributed by atoms with E-state index < -0.39 is 0 Å². The van der Waals surface area contributed by atoms with Gasteiger partial charge in [-0.15, -0.1) is 0 Å². The van der Waals surface area contributed by atoms with E-state index in [-0.39, 0.29) is 11.9 Å². The van der Waals surface area contributed by atoms with Crippen LogP contribution in [0.5, 0.6) is 0 Å². The molecule has 3 aromatic rings. The zero-order valence-electron chi connectivity index (χ0n) is 15.0. The summed E-state index contributed by atoms with van der Waals surface area (Å²) < 4.78 is 1.65. The highest BCUT2D eigenvalue weighted by Gasteiger charge is 2.15. The number of carbonyl (C=O) groups excluding carboxylic acids is 1. The van der Waals surface area contributed by atoms with Crippen LogP contribution in [0.3, 0.4) is 0 Å². The molecule has 0 aliphatic rings. The van der Waals surface area contributed by atoms with E-state index >= 15 is 0 Å². The molecule has 0 aliphatic heterocycles. The van der Waals surface area contributed by atoms with Crippen molar-refractivity contribution in [2.75, 3.05) is 11.9 Å². The molecule has 134 valence electrons. The Morgan fingerprint density at radius 3 is 2.42 bits per heavy atom. The van der Waals surface area contributed by atoms with Crippen LogP contribution in [0.1, 0.15) is 24.2 Å². The molecule has 1 atom stereocenters. The number of nitrogens with one attached hydrogen (secondary N) is 2. The van der Waals surface area contributed by atoms with Crippen LogP contribution < -0.4 is 10.6 Å². The van der Waals surface area contributed by atoms with Crippen molar-refractivity contribution in [1.29, 1.82) is 0 Å². The zero-order valence-corrected chi connectivity index (χ0v) is 15.0. The summed E-state index contributed by atoms with van der Waals surface area (Å²) in [5, 5.41) is 10.6. The lowest BCUT2D eigenvalue weighted by Gasteiger charge is -2.24. The Hall–Kier alpha value is -3.15. The summed E-state index contributed by atoms with van der Waals surface area (Å²) in [5.41, 5.74) is 2.54. The van der Waals surface area contributed by atoms with Crippen LogP contribution in [0.2, 0.25) is 0 Å². The molecule has 0 aliphatic carbocycles. The van der Waals surface area contributed by atoms with Gasteiger partial charge in [-0.3, -0.25) is 4.79 Å². The van der Waals surface area contributed by atoms with Gasteiger partial charge < -0.3 is 10.6 Å². The Kier molecular flexibility index (Phi) is 5.63. The van der Waals surface area contributed by atoms with Crippen molar-refractivity contribution in [3.8, 4) is 5.69 Å². The van der Waals surface area contributed by atoms with Crippen LogP contribution in [0, 0.1) is 5.92 Å². The average Bonchev–Trinajstić information content (AvgIpc) is 3.20. The summed E-state index contributed by atoms with van der Waals surface area (Å²) in [5.74, 6) is 0.292. The minimum absolute atomic E-state index is 0.0874. The van der Waals surface area contributed by atoms with Gasteiger partial charge in [0.2, 0.25) is 0 Å². The van der Waals surface area contributed by atoms with Crippen molar-refractivity contribution in [2.24, 2.45) is 5.92 Å². The quantitative estimate of drug-likeness (QED) is 0.687. The third-order valence-corrected chi connectivity index (χ3v) is 4.23.